The minimum absolute atomic E-state index is 0.608. The third-order valence-electron chi connectivity index (χ3n) is 3.78. The van der Waals surface area contributed by atoms with Crippen molar-refractivity contribution in [1.82, 2.24) is 10.2 Å². The molecule has 2 heterocycles. The summed E-state index contributed by atoms with van der Waals surface area (Å²) < 4.78 is 10.8. The molecule has 1 aromatic heterocycles. The lowest BCUT2D eigenvalue weighted by atomic mass is 10.1. The van der Waals surface area contributed by atoms with Gasteiger partial charge in [-0.3, -0.25) is 4.99 Å². The van der Waals surface area contributed by atoms with Gasteiger partial charge in [-0.1, -0.05) is 0 Å². The highest BCUT2D eigenvalue weighted by molar-refractivity contribution is 5.80. The van der Waals surface area contributed by atoms with E-state index in [2.05, 4.69) is 21.3 Å². The summed E-state index contributed by atoms with van der Waals surface area (Å²) in [6.45, 7) is 7.60. The van der Waals surface area contributed by atoms with Gasteiger partial charge in [0.25, 0.3) is 0 Å². The molecule has 1 aliphatic rings. The molecule has 0 amide bonds. The predicted octanol–water partition coefficient (Wildman–Crippen LogP) is 1.94. The van der Waals surface area contributed by atoms with E-state index in [0.29, 0.717) is 5.92 Å². The van der Waals surface area contributed by atoms with E-state index >= 15 is 0 Å². The van der Waals surface area contributed by atoms with E-state index in [-0.39, 0.29) is 0 Å². The van der Waals surface area contributed by atoms with E-state index < -0.39 is 0 Å². The molecular weight excluding hydrogens is 254 g/mol. The lowest BCUT2D eigenvalue weighted by Gasteiger charge is -2.21. The molecule has 1 atom stereocenters. The standard InChI is InChI=1S/C15H25N3O2/c1-11-7-14(12(2)20-11)8-17-15(16-3)18-6-5-13(9-18)10-19-4/h7,13H,5-6,8-10H2,1-4H3,(H,16,17). The van der Waals surface area contributed by atoms with E-state index in [0.717, 1.165) is 43.7 Å². The number of methoxy groups -OCH3 is 1. The second-order valence-corrected chi connectivity index (χ2v) is 5.40. The van der Waals surface area contributed by atoms with Gasteiger partial charge in [-0.15, -0.1) is 0 Å². The molecule has 5 heteroatoms. The Morgan fingerprint density at radius 3 is 2.95 bits per heavy atom. The number of nitrogens with one attached hydrogen (secondary N) is 1. The van der Waals surface area contributed by atoms with Crippen LogP contribution in [0.4, 0.5) is 0 Å². The summed E-state index contributed by atoms with van der Waals surface area (Å²) in [5.41, 5.74) is 1.19. The number of furan rings is 1. The first-order valence-electron chi connectivity index (χ1n) is 7.14. The monoisotopic (exact) mass is 279 g/mol. The molecule has 0 bridgehead atoms. The van der Waals surface area contributed by atoms with Gasteiger partial charge in [0.2, 0.25) is 0 Å². The largest absolute Gasteiger partial charge is 0.466 e. The summed E-state index contributed by atoms with van der Waals surface area (Å²) in [4.78, 5) is 6.67. The van der Waals surface area contributed by atoms with Crippen molar-refractivity contribution in [2.24, 2.45) is 10.9 Å². The molecular formula is C15H25N3O2. The zero-order valence-electron chi connectivity index (χ0n) is 12.9. The molecule has 2 rings (SSSR count). The Hall–Kier alpha value is -1.49. The molecule has 1 N–H and O–H groups in total. The van der Waals surface area contributed by atoms with E-state index in [1.54, 1.807) is 7.11 Å². The van der Waals surface area contributed by atoms with Crippen molar-refractivity contribution in [3.63, 3.8) is 0 Å². The summed E-state index contributed by atoms with van der Waals surface area (Å²) in [7, 11) is 3.60. The van der Waals surface area contributed by atoms with Gasteiger partial charge in [-0.2, -0.15) is 0 Å². The average Bonchev–Trinajstić information content (AvgIpc) is 2.98. The molecule has 0 spiro atoms. The highest BCUT2D eigenvalue weighted by Crippen LogP contribution is 2.17. The van der Waals surface area contributed by atoms with E-state index in [1.165, 1.54) is 12.0 Å². The molecule has 1 aromatic rings. The molecule has 20 heavy (non-hydrogen) atoms. The lowest BCUT2D eigenvalue weighted by molar-refractivity contribution is 0.157. The van der Waals surface area contributed by atoms with Crippen LogP contribution in [-0.2, 0) is 11.3 Å². The van der Waals surface area contributed by atoms with Crippen LogP contribution in [0.3, 0.4) is 0 Å². The minimum atomic E-state index is 0.608. The Kier molecular flexibility index (Phi) is 5.06. The second-order valence-electron chi connectivity index (χ2n) is 5.40. The van der Waals surface area contributed by atoms with Crippen LogP contribution in [0, 0.1) is 19.8 Å². The average molecular weight is 279 g/mol. The van der Waals surface area contributed by atoms with E-state index in [9.17, 15) is 0 Å². The topological polar surface area (TPSA) is 50.0 Å². The number of nitrogens with zero attached hydrogens (tertiary/aromatic N) is 2. The van der Waals surface area contributed by atoms with Gasteiger partial charge < -0.3 is 19.4 Å². The quantitative estimate of drug-likeness (QED) is 0.676. The normalized spacial score (nSPS) is 19.7. The predicted molar refractivity (Wildman–Crippen MR) is 79.9 cm³/mol. The molecule has 0 radical (unpaired) electrons. The fourth-order valence-corrected chi connectivity index (χ4v) is 2.76. The van der Waals surface area contributed by atoms with Crippen molar-refractivity contribution in [1.29, 1.82) is 0 Å². The number of ether oxygens (including phenoxy) is 1. The Labute approximate surface area is 121 Å². The summed E-state index contributed by atoms with van der Waals surface area (Å²) in [5.74, 6) is 3.50. The number of rotatable bonds is 4. The van der Waals surface area contributed by atoms with Crippen molar-refractivity contribution in [2.75, 3.05) is 33.9 Å². The molecule has 1 aliphatic heterocycles. The molecule has 0 saturated carbocycles. The van der Waals surface area contributed by atoms with Gasteiger partial charge in [-0.05, 0) is 26.3 Å². The first kappa shape index (κ1) is 14.9. The smallest absolute Gasteiger partial charge is 0.193 e. The van der Waals surface area contributed by atoms with Crippen LogP contribution in [0.25, 0.3) is 0 Å². The van der Waals surface area contributed by atoms with Crippen LogP contribution in [0.15, 0.2) is 15.5 Å². The molecule has 5 nitrogen and oxygen atoms in total. The zero-order chi connectivity index (χ0) is 14.5. The summed E-state index contributed by atoms with van der Waals surface area (Å²) >= 11 is 0. The Morgan fingerprint density at radius 2 is 2.35 bits per heavy atom. The van der Waals surface area contributed by atoms with E-state index in [4.69, 9.17) is 9.15 Å². The van der Waals surface area contributed by atoms with Crippen LogP contribution in [-0.4, -0.2) is 44.7 Å². The van der Waals surface area contributed by atoms with Gasteiger partial charge in [0, 0.05) is 45.3 Å². The molecule has 0 aromatic carbocycles. The number of guanidine groups is 1. The number of aryl methyl sites for hydroxylation is 2. The van der Waals surface area contributed by atoms with Gasteiger partial charge in [-0.25, -0.2) is 0 Å². The van der Waals surface area contributed by atoms with Crippen molar-refractivity contribution in [3.05, 3.63) is 23.2 Å². The highest BCUT2D eigenvalue weighted by Gasteiger charge is 2.24. The van der Waals surface area contributed by atoms with E-state index in [1.807, 2.05) is 20.9 Å². The SMILES string of the molecule is CN=C(NCc1cc(C)oc1C)N1CCC(COC)C1. The summed E-state index contributed by atoms with van der Waals surface area (Å²) in [5, 5.41) is 3.42. The van der Waals surface area contributed by atoms with Gasteiger partial charge in [0.05, 0.1) is 6.61 Å². The van der Waals surface area contributed by atoms with Crippen molar-refractivity contribution in [3.8, 4) is 0 Å². The van der Waals surface area contributed by atoms with Crippen LogP contribution in [0.5, 0.6) is 0 Å². The zero-order valence-corrected chi connectivity index (χ0v) is 12.9. The first-order valence-corrected chi connectivity index (χ1v) is 7.14. The number of aliphatic imine (C=N–C) groups is 1. The molecule has 1 fully saturated rings. The van der Waals surface area contributed by atoms with Crippen LogP contribution in [0.1, 0.15) is 23.5 Å². The van der Waals surface area contributed by atoms with Gasteiger partial charge in [0.1, 0.15) is 11.5 Å². The minimum Gasteiger partial charge on any atom is -0.466 e. The van der Waals surface area contributed by atoms with Gasteiger partial charge >= 0.3 is 0 Å². The molecule has 1 unspecified atom stereocenters. The van der Waals surface area contributed by atoms with Gasteiger partial charge in [0.15, 0.2) is 5.96 Å². The maximum atomic E-state index is 5.54. The highest BCUT2D eigenvalue weighted by atomic mass is 16.5. The number of likely N-dealkylation sites (tertiary alicyclic amines) is 1. The van der Waals surface area contributed by atoms with Crippen molar-refractivity contribution >= 4 is 5.96 Å². The molecule has 112 valence electrons. The molecule has 0 aliphatic carbocycles. The second kappa shape index (κ2) is 6.79. The maximum absolute atomic E-state index is 5.54. The van der Waals surface area contributed by atoms with Crippen molar-refractivity contribution in [2.45, 2.75) is 26.8 Å². The Morgan fingerprint density at radius 1 is 1.55 bits per heavy atom. The number of hydrogen-bond acceptors (Lipinski definition) is 3. The van der Waals surface area contributed by atoms with Crippen LogP contribution < -0.4 is 5.32 Å². The Bertz CT molecular complexity index is 468. The maximum Gasteiger partial charge on any atom is 0.193 e. The number of hydrogen-bond donors (Lipinski definition) is 1. The Balaban J connectivity index is 1.89. The third-order valence-corrected chi connectivity index (χ3v) is 3.78. The lowest BCUT2D eigenvalue weighted by Crippen LogP contribution is -2.39. The van der Waals surface area contributed by atoms with Crippen LogP contribution in [0.2, 0.25) is 0 Å². The fourth-order valence-electron chi connectivity index (χ4n) is 2.76. The third kappa shape index (κ3) is 3.54. The summed E-state index contributed by atoms with van der Waals surface area (Å²) in [6, 6.07) is 2.08. The van der Waals surface area contributed by atoms with Crippen LogP contribution >= 0.6 is 0 Å². The summed E-state index contributed by atoms with van der Waals surface area (Å²) in [6.07, 6.45) is 1.17. The van der Waals surface area contributed by atoms with Crippen molar-refractivity contribution < 1.29 is 9.15 Å². The fraction of sp³-hybridized carbons (Fsp3) is 0.667. The molecule has 1 saturated heterocycles. The first-order chi connectivity index (χ1) is 9.63.